The first kappa shape index (κ1) is 17.1. The SMILES string of the molecule is C[C@@H]1Oc2ccccc2O[C@@H]1C(=O)Nc1cc(N2CCOC2=O)ccc1F. The Morgan fingerprint density at radius 2 is 1.93 bits per heavy atom. The number of benzene rings is 2. The molecule has 0 aliphatic carbocycles. The monoisotopic (exact) mass is 372 g/mol. The number of ether oxygens (including phenoxy) is 3. The van der Waals surface area contributed by atoms with Crippen LogP contribution in [-0.4, -0.2) is 37.4 Å². The van der Waals surface area contributed by atoms with Crippen LogP contribution in [0.1, 0.15) is 6.92 Å². The number of halogens is 1. The second kappa shape index (κ2) is 6.79. The van der Waals surface area contributed by atoms with Crippen LogP contribution < -0.4 is 19.7 Å². The van der Waals surface area contributed by atoms with E-state index in [1.807, 2.05) is 0 Å². The summed E-state index contributed by atoms with van der Waals surface area (Å²) in [6.07, 6.45) is -2.01. The van der Waals surface area contributed by atoms with Gasteiger partial charge in [-0.25, -0.2) is 9.18 Å². The molecule has 140 valence electrons. The van der Waals surface area contributed by atoms with Crippen molar-refractivity contribution in [3.63, 3.8) is 0 Å². The molecule has 0 radical (unpaired) electrons. The number of rotatable bonds is 3. The van der Waals surface area contributed by atoms with Crippen LogP contribution in [0, 0.1) is 5.82 Å². The molecule has 2 aliphatic heterocycles. The van der Waals surface area contributed by atoms with E-state index < -0.39 is 30.0 Å². The Morgan fingerprint density at radius 3 is 2.63 bits per heavy atom. The predicted octanol–water partition coefficient (Wildman–Crippen LogP) is 2.95. The molecule has 1 N–H and O–H groups in total. The van der Waals surface area contributed by atoms with Crippen molar-refractivity contribution in [3.8, 4) is 11.5 Å². The number of carbonyl (C=O) groups is 2. The molecule has 0 unspecified atom stereocenters. The summed E-state index contributed by atoms with van der Waals surface area (Å²) in [5.74, 6) is -0.166. The summed E-state index contributed by atoms with van der Waals surface area (Å²) in [6.45, 7) is 2.33. The molecular weight excluding hydrogens is 355 g/mol. The fraction of sp³-hybridized carbons (Fsp3) is 0.263. The number of fused-ring (bicyclic) bond motifs is 1. The number of amides is 2. The number of hydrogen-bond donors (Lipinski definition) is 1. The van der Waals surface area contributed by atoms with E-state index in [1.165, 1.54) is 23.1 Å². The van der Waals surface area contributed by atoms with Gasteiger partial charge in [0.15, 0.2) is 11.5 Å². The topological polar surface area (TPSA) is 77.1 Å². The smallest absolute Gasteiger partial charge is 0.414 e. The molecule has 7 nitrogen and oxygen atoms in total. The summed E-state index contributed by atoms with van der Waals surface area (Å²) in [7, 11) is 0. The molecule has 2 atom stereocenters. The predicted molar refractivity (Wildman–Crippen MR) is 94.7 cm³/mol. The largest absolute Gasteiger partial charge is 0.482 e. The highest BCUT2D eigenvalue weighted by atomic mass is 19.1. The minimum absolute atomic E-state index is 0.0492. The Morgan fingerprint density at radius 1 is 1.19 bits per heavy atom. The van der Waals surface area contributed by atoms with Gasteiger partial charge >= 0.3 is 6.09 Å². The normalized spacial score (nSPS) is 21.0. The molecule has 27 heavy (non-hydrogen) atoms. The zero-order chi connectivity index (χ0) is 19.0. The molecule has 2 aromatic carbocycles. The van der Waals surface area contributed by atoms with Crippen LogP contribution in [0.5, 0.6) is 11.5 Å². The number of anilines is 2. The lowest BCUT2D eigenvalue weighted by Crippen LogP contribution is -2.46. The maximum atomic E-state index is 14.2. The average Bonchev–Trinajstić information content (AvgIpc) is 3.09. The first-order valence-electron chi connectivity index (χ1n) is 8.50. The molecule has 0 bridgehead atoms. The van der Waals surface area contributed by atoms with E-state index in [0.717, 1.165) is 0 Å². The van der Waals surface area contributed by atoms with Gasteiger partial charge in [0.25, 0.3) is 5.91 Å². The van der Waals surface area contributed by atoms with E-state index in [4.69, 9.17) is 14.2 Å². The fourth-order valence-electron chi connectivity index (χ4n) is 3.02. The van der Waals surface area contributed by atoms with Crippen molar-refractivity contribution < 1.29 is 28.2 Å². The number of hydrogen-bond acceptors (Lipinski definition) is 5. The molecule has 0 aromatic heterocycles. The maximum absolute atomic E-state index is 14.2. The Hall–Kier alpha value is -3.29. The van der Waals surface area contributed by atoms with Gasteiger partial charge in [0.2, 0.25) is 6.10 Å². The molecule has 2 aromatic rings. The van der Waals surface area contributed by atoms with Gasteiger partial charge in [-0.15, -0.1) is 0 Å². The van der Waals surface area contributed by atoms with Crippen molar-refractivity contribution in [3.05, 3.63) is 48.3 Å². The van der Waals surface area contributed by atoms with Crippen LogP contribution in [0.2, 0.25) is 0 Å². The van der Waals surface area contributed by atoms with Crippen molar-refractivity contribution in [2.24, 2.45) is 0 Å². The molecule has 4 rings (SSSR count). The minimum Gasteiger partial charge on any atom is -0.482 e. The van der Waals surface area contributed by atoms with Gasteiger partial charge in [-0.2, -0.15) is 0 Å². The lowest BCUT2D eigenvalue weighted by molar-refractivity contribution is -0.128. The molecule has 0 saturated carbocycles. The number of carbonyl (C=O) groups excluding carboxylic acids is 2. The van der Waals surface area contributed by atoms with E-state index in [0.29, 0.717) is 23.7 Å². The highest BCUT2D eigenvalue weighted by Crippen LogP contribution is 2.34. The maximum Gasteiger partial charge on any atom is 0.414 e. The Kier molecular flexibility index (Phi) is 4.31. The molecule has 0 spiro atoms. The molecular formula is C19H17FN2O5. The lowest BCUT2D eigenvalue weighted by Gasteiger charge is -2.31. The third-order valence-corrected chi connectivity index (χ3v) is 4.38. The Bertz CT molecular complexity index is 903. The number of cyclic esters (lactones) is 1. The van der Waals surface area contributed by atoms with Crippen LogP contribution in [0.25, 0.3) is 0 Å². The van der Waals surface area contributed by atoms with E-state index in [2.05, 4.69) is 5.32 Å². The van der Waals surface area contributed by atoms with Gasteiger partial charge in [-0.1, -0.05) is 12.1 Å². The van der Waals surface area contributed by atoms with Gasteiger partial charge in [-0.05, 0) is 37.3 Å². The summed E-state index contributed by atoms with van der Waals surface area (Å²) in [5, 5.41) is 2.52. The van der Waals surface area contributed by atoms with Gasteiger partial charge in [0.1, 0.15) is 18.5 Å². The van der Waals surface area contributed by atoms with Crippen LogP contribution in [0.4, 0.5) is 20.6 Å². The van der Waals surface area contributed by atoms with Crippen molar-refractivity contribution in [2.75, 3.05) is 23.4 Å². The van der Waals surface area contributed by atoms with Crippen LogP contribution in [0.3, 0.4) is 0 Å². The first-order valence-corrected chi connectivity index (χ1v) is 8.50. The Labute approximate surface area is 154 Å². The average molecular weight is 372 g/mol. The van der Waals surface area contributed by atoms with Gasteiger partial charge < -0.3 is 19.5 Å². The molecule has 8 heteroatoms. The quantitative estimate of drug-likeness (QED) is 0.896. The minimum atomic E-state index is -0.945. The van der Waals surface area contributed by atoms with Gasteiger partial charge in [0, 0.05) is 5.69 Å². The standard InChI is InChI=1S/C19H17FN2O5/c1-11-17(27-16-5-3-2-4-15(16)26-11)18(23)21-14-10-12(6-7-13(14)20)22-8-9-25-19(22)24/h2-7,10-11,17H,8-9H2,1H3,(H,21,23)/t11-,17-/m0/s1. The zero-order valence-corrected chi connectivity index (χ0v) is 14.5. The van der Waals surface area contributed by atoms with Crippen molar-refractivity contribution in [1.82, 2.24) is 0 Å². The fourth-order valence-corrected chi connectivity index (χ4v) is 3.02. The highest BCUT2D eigenvalue weighted by molar-refractivity contribution is 5.96. The van der Waals surface area contributed by atoms with E-state index in [9.17, 15) is 14.0 Å². The van der Waals surface area contributed by atoms with Crippen LogP contribution in [0.15, 0.2) is 42.5 Å². The van der Waals surface area contributed by atoms with E-state index >= 15 is 0 Å². The molecule has 2 aliphatic rings. The summed E-state index contributed by atoms with van der Waals surface area (Å²) in [4.78, 5) is 25.7. The van der Waals surface area contributed by atoms with Gasteiger partial charge in [-0.3, -0.25) is 9.69 Å². The summed E-state index contributed by atoms with van der Waals surface area (Å²) in [6, 6.07) is 11.1. The van der Waals surface area contributed by atoms with Crippen molar-refractivity contribution in [1.29, 1.82) is 0 Å². The third-order valence-electron chi connectivity index (χ3n) is 4.38. The number of nitrogens with one attached hydrogen (secondary N) is 1. The molecule has 1 fully saturated rings. The number of para-hydroxylation sites is 2. The van der Waals surface area contributed by atoms with E-state index in [-0.39, 0.29) is 12.3 Å². The Balaban J connectivity index is 1.53. The van der Waals surface area contributed by atoms with E-state index in [1.54, 1.807) is 31.2 Å². The van der Waals surface area contributed by atoms with Crippen LogP contribution in [-0.2, 0) is 9.53 Å². The zero-order valence-electron chi connectivity index (χ0n) is 14.5. The lowest BCUT2D eigenvalue weighted by atomic mass is 10.1. The highest BCUT2D eigenvalue weighted by Gasteiger charge is 2.34. The molecule has 2 amide bonds. The summed E-state index contributed by atoms with van der Waals surface area (Å²) in [5.41, 5.74) is 0.389. The van der Waals surface area contributed by atoms with Crippen molar-refractivity contribution in [2.45, 2.75) is 19.1 Å². The second-order valence-corrected chi connectivity index (χ2v) is 6.23. The second-order valence-electron chi connectivity index (χ2n) is 6.23. The van der Waals surface area contributed by atoms with Crippen molar-refractivity contribution >= 4 is 23.4 Å². The third kappa shape index (κ3) is 3.25. The number of nitrogens with zero attached hydrogens (tertiary/aromatic N) is 1. The van der Waals surface area contributed by atoms with Crippen LogP contribution >= 0.6 is 0 Å². The molecule has 1 saturated heterocycles. The van der Waals surface area contributed by atoms with Gasteiger partial charge in [0.05, 0.1) is 12.2 Å². The summed E-state index contributed by atoms with van der Waals surface area (Å²) < 4.78 is 30.5. The first-order chi connectivity index (χ1) is 13.0. The summed E-state index contributed by atoms with van der Waals surface area (Å²) >= 11 is 0. The molecule has 2 heterocycles.